The van der Waals surface area contributed by atoms with Gasteiger partial charge in [0.1, 0.15) is 5.60 Å². The van der Waals surface area contributed by atoms with Gasteiger partial charge in [-0.1, -0.05) is 19.4 Å². The molecule has 0 radical (unpaired) electrons. The Morgan fingerprint density at radius 1 is 1.14 bits per heavy atom. The van der Waals surface area contributed by atoms with Gasteiger partial charge in [0.15, 0.2) is 18.9 Å². The number of carbonyl (C=O) groups is 3. The van der Waals surface area contributed by atoms with Crippen LogP contribution in [0.25, 0.3) is 0 Å². The lowest BCUT2D eigenvalue weighted by Gasteiger charge is -2.58. The number of esters is 1. The van der Waals surface area contributed by atoms with Crippen LogP contribution in [0.2, 0.25) is 0 Å². The van der Waals surface area contributed by atoms with E-state index in [1.165, 1.54) is 5.57 Å². The molecule has 0 unspecified atom stereocenters. The van der Waals surface area contributed by atoms with Gasteiger partial charge in [-0.3, -0.25) is 9.59 Å². The first-order valence-electron chi connectivity index (χ1n) is 11.1. The van der Waals surface area contributed by atoms with Crippen molar-refractivity contribution < 1.29 is 30.0 Å². The summed E-state index contributed by atoms with van der Waals surface area (Å²) in [7, 11) is 0. The largest absolute Gasteiger partial charge is 0.453 e. The number of quaternary nitrogens is 1. The van der Waals surface area contributed by atoms with Gasteiger partial charge in [0, 0.05) is 11.8 Å². The number of carbonyl (C=O) groups excluding carboxylic acids is 3. The molecule has 0 aromatic heterocycles. The van der Waals surface area contributed by atoms with Crippen molar-refractivity contribution in [3.05, 3.63) is 11.6 Å². The van der Waals surface area contributed by atoms with E-state index in [0.29, 0.717) is 24.7 Å². The molecule has 4 aliphatic carbocycles. The summed E-state index contributed by atoms with van der Waals surface area (Å²) in [5, 5.41) is 11.5. The number of hydrogen-bond acceptors (Lipinski definition) is 5. The van der Waals surface area contributed by atoms with Gasteiger partial charge in [0.2, 0.25) is 5.78 Å². The summed E-state index contributed by atoms with van der Waals surface area (Å²) in [6.45, 7) is 4.01. The minimum atomic E-state index is -1.43. The number of rotatable bonds is 4. The predicted molar refractivity (Wildman–Crippen MR) is 105 cm³/mol. The molecule has 6 heteroatoms. The van der Waals surface area contributed by atoms with Crippen molar-refractivity contribution >= 4 is 17.5 Å². The monoisotopic (exact) mass is 404 g/mol. The fourth-order valence-corrected chi connectivity index (χ4v) is 7.37. The summed E-state index contributed by atoms with van der Waals surface area (Å²) in [6.07, 6.45) is 8.46. The van der Waals surface area contributed by atoms with Gasteiger partial charge in [-0.05, 0) is 74.2 Å². The highest BCUT2D eigenvalue weighted by atomic mass is 16.5. The van der Waals surface area contributed by atoms with Crippen LogP contribution in [0.4, 0.5) is 0 Å². The van der Waals surface area contributed by atoms with E-state index in [4.69, 9.17) is 4.74 Å². The van der Waals surface area contributed by atoms with Crippen LogP contribution < -0.4 is 5.73 Å². The van der Waals surface area contributed by atoms with Gasteiger partial charge in [-0.15, -0.1) is 0 Å². The third kappa shape index (κ3) is 2.94. The molecule has 0 aliphatic heterocycles. The second kappa shape index (κ2) is 7.02. The van der Waals surface area contributed by atoms with Crippen LogP contribution in [0.5, 0.6) is 0 Å². The molecular weight excluding hydrogens is 370 g/mol. The molecule has 6 nitrogen and oxygen atoms in total. The van der Waals surface area contributed by atoms with Gasteiger partial charge in [0.25, 0.3) is 0 Å². The van der Waals surface area contributed by atoms with Gasteiger partial charge in [0.05, 0.1) is 0 Å². The van der Waals surface area contributed by atoms with E-state index >= 15 is 0 Å². The number of allylic oxidation sites excluding steroid dienone is 1. The number of aliphatic hydroxyl groups is 1. The van der Waals surface area contributed by atoms with Crippen molar-refractivity contribution in [3.8, 4) is 0 Å². The van der Waals surface area contributed by atoms with Crippen molar-refractivity contribution in [1.29, 1.82) is 0 Å². The van der Waals surface area contributed by atoms with Crippen molar-refractivity contribution in [2.45, 2.75) is 70.8 Å². The van der Waals surface area contributed by atoms with E-state index in [-0.39, 0.29) is 36.1 Å². The topological polar surface area (TPSA) is 108 Å². The smallest absolute Gasteiger partial charge is 0.361 e. The third-order valence-corrected chi connectivity index (χ3v) is 9.14. The highest BCUT2D eigenvalue weighted by molar-refractivity contribution is 5.92. The lowest BCUT2D eigenvalue weighted by molar-refractivity contribution is -0.359. The Morgan fingerprint density at radius 3 is 2.59 bits per heavy atom. The molecule has 0 saturated heterocycles. The predicted octanol–water partition coefficient (Wildman–Crippen LogP) is 1.60. The Labute approximate surface area is 172 Å². The molecule has 6 atom stereocenters. The van der Waals surface area contributed by atoms with Gasteiger partial charge in [-0.2, -0.15) is 0 Å². The van der Waals surface area contributed by atoms with Crippen LogP contribution >= 0.6 is 0 Å². The maximum absolute atomic E-state index is 12.9. The standard InChI is InChI=1S/C23H33NO5/c1-21-8-5-15(25)11-14(21)3-4-16-17(21)6-9-22(2)18(16)7-10-23(22,28)19(26)13-29-20(27)12-24/h11,16-18,28H,3-10,12-13,24H2,1-2H3/p+1/t16-,17+,18+,21+,22+,23+/m1/s1. The Hall–Kier alpha value is -1.53. The summed E-state index contributed by atoms with van der Waals surface area (Å²) < 4.78 is 5.01. The van der Waals surface area contributed by atoms with Crippen LogP contribution in [0.15, 0.2) is 11.6 Å². The van der Waals surface area contributed by atoms with E-state index in [1.807, 2.05) is 6.08 Å². The average molecular weight is 405 g/mol. The first-order valence-corrected chi connectivity index (χ1v) is 11.1. The van der Waals surface area contributed by atoms with E-state index in [0.717, 1.165) is 38.5 Å². The minimum Gasteiger partial charge on any atom is -0.453 e. The Balaban J connectivity index is 1.57. The summed E-state index contributed by atoms with van der Waals surface area (Å²) in [5.41, 5.74) is 2.96. The molecule has 0 bridgehead atoms. The van der Waals surface area contributed by atoms with Crippen LogP contribution in [0, 0.1) is 28.6 Å². The van der Waals surface area contributed by atoms with Crippen molar-refractivity contribution in [3.63, 3.8) is 0 Å². The Bertz CT molecular complexity index is 775. The molecule has 4 rings (SSSR count). The van der Waals surface area contributed by atoms with E-state index in [2.05, 4.69) is 19.6 Å². The van der Waals surface area contributed by atoms with Crippen molar-refractivity contribution in [2.24, 2.45) is 28.6 Å². The summed E-state index contributed by atoms with van der Waals surface area (Å²) >= 11 is 0. The third-order valence-electron chi connectivity index (χ3n) is 9.14. The molecule has 29 heavy (non-hydrogen) atoms. The maximum Gasteiger partial charge on any atom is 0.361 e. The molecule has 4 aliphatic rings. The van der Waals surface area contributed by atoms with Crippen LogP contribution in [0.3, 0.4) is 0 Å². The number of ether oxygens (including phenoxy) is 1. The van der Waals surface area contributed by atoms with Gasteiger partial charge in [-0.25, -0.2) is 4.79 Å². The lowest BCUT2D eigenvalue weighted by Crippen LogP contribution is -2.58. The molecule has 0 aromatic rings. The Kier molecular flexibility index (Phi) is 5.02. The molecule has 0 aromatic carbocycles. The van der Waals surface area contributed by atoms with Crippen LogP contribution in [-0.4, -0.2) is 41.4 Å². The van der Waals surface area contributed by atoms with Crippen molar-refractivity contribution in [2.75, 3.05) is 13.2 Å². The molecule has 0 heterocycles. The fraction of sp³-hybridized carbons (Fsp3) is 0.783. The van der Waals surface area contributed by atoms with Crippen LogP contribution in [0.1, 0.15) is 65.2 Å². The van der Waals surface area contributed by atoms with E-state index in [1.54, 1.807) is 0 Å². The Morgan fingerprint density at radius 2 is 1.86 bits per heavy atom. The zero-order chi connectivity index (χ0) is 21.0. The molecule has 0 amide bonds. The van der Waals surface area contributed by atoms with E-state index < -0.39 is 17.0 Å². The number of Topliss-reactive ketones (excluding diaryl/α,β-unsaturated/α-hetero) is 1. The van der Waals surface area contributed by atoms with Gasteiger partial charge < -0.3 is 15.6 Å². The normalized spacial score (nSPS) is 43.7. The first-order chi connectivity index (χ1) is 13.7. The molecular formula is C23H34NO5+. The molecule has 3 saturated carbocycles. The number of ketones is 2. The minimum absolute atomic E-state index is 0.0215. The molecule has 0 spiro atoms. The molecule has 160 valence electrons. The zero-order valence-corrected chi connectivity index (χ0v) is 17.7. The van der Waals surface area contributed by atoms with Crippen molar-refractivity contribution in [1.82, 2.24) is 0 Å². The van der Waals surface area contributed by atoms with Crippen LogP contribution in [-0.2, 0) is 19.1 Å². The number of hydrogen-bond donors (Lipinski definition) is 2. The molecule has 3 fully saturated rings. The fourth-order valence-electron chi connectivity index (χ4n) is 7.37. The zero-order valence-electron chi connectivity index (χ0n) is 17.7. The van der Waals surface area contributed by atoms with Gasteiger partial charge >= 0.3 is 5.97 Å². The van der Waals surface area contributed by atoms with E-state index in [9.17, 15) is 19.5 Å². The average Bonchev–Trinajstić information content (AvgIpc) is 2.98. The maximum atomic E-state index is 12.9. The first kappa shape index (κ1) is 20.7. The summed E-state index contributed by atoms with van der Waals surface area (Å²) in [6, 6.07) is 0. The SMILES string of the molecule is C[C@]12CCC(=O)C=C1CC[C@@H]1[C@@H]2CC[C@@]2(C)[C@H]1CC[C@]2(O)C(=O)COC(=O)C[NH3+]. The number of fused-ring (bicyclic) bond motifs is 5. The second-order valence-electron chi connectivity index (χ2n) is 10.2. The summed E-state index contributed by atoms with van der Waals surface area (Å²) in [5.74, 6) is 0.637. The summed E-state index contributed by atoms with van der Waals surface area (Å²) in [4.78, 5) is 36.3. The molecule has 4 N–H and O–H groups in total. The quantitative estimate of drug-likeness (QED) is 0.692. The highest BCUT2D eigenvalue weighted by Crippen LogP contribution is 2.67. The lowest BCUT2D eigenvalue weighted by atomic mass is 9.46. The second-order valence-corrected chi connectivity index (χ2v) is 10.2. The highest BCUT2D eigenvalue weighted by Gasteiger charge is 2.66.